The van der Waals surface area contributed by atoms with Crippen molar-refractivity contribution in [2.45, 2.75) is 12.8 Å². The average Bonchev–Trinajstić information content (AvgIpc) is 2.72. The quantitative estimate of drug-likeness (QED) is 0.773. The lowest BCUT2D eigenvalue weighted by Gasteiger charge is -2.23. The second-order valence-corrected chi connectivity index (χ2v) is 6.79. The fraction of sp³-hybridized carbons (Fsp3) is 0.273. The summed E-state index contributed by atoms with van der Waals surface area (Å²) >= 11 is 0. The van der Waals surface area contributed by atoms with Gasteiger partial charge in [-0.3, -0.25) is 4.98 Å². The normalized spacial score (nSPS) is 17.0. The van der Waals surface area contributed by atoms with Gasteiger partial charge in [0.15, 0.2) is 0 Å². The number of ether oxygens (including phenoxy) is 1. The van der Waals surface area contributed by atoms with E-state index in [9.17, 15) is 5.26 Å². The van der Waals surface area contributed by atoms with E-state index in [1.165, 1.54) is 12.8 Å². The highest BCUT2D eigenvalue weighted by atomic mass is 16.5. The van der Waals surface area contributed by atoms with Crippen molar-refractivity contribution in [2.75, 3.05) is 19.7 Å². The van der Waals surface area contributed by atoms with Crippen LogP contribution in [0.25, 0.3) is 21.9 Å². The molecule has 0 saturated carbocycles. The van der Waals surface area contributed by atoms with Crippen LogP contribution >= 0.6 is 0 Å². The van der Waals surface area contributed by atoms with Gasteiger partial charge in [0, 0.05) is 30.2 Å². The van der Waals surface area contributed by atoms with E-state index in [4.69, 9.17) is 4.74 Å². The molecule has 1 N–H and O–H groups in total. The molecule has 0 spiro atoms. The maximum Gasteiger partial charge on any atom is 0.129 e. The van der Waals surface area contributed by atoms with E-state index in [-0.39, 0.29) is 0 Å². The number of rotatable bonds is 4. The van der Waals surface area contributed by atoms with Crippen molar-refractivity contribution < 1.29 is 4.74 Å². The highest BCUT2D eigenvalue weighted by Crippen LogP contribution is 2.33. The van der Waals surface area contributed by atoms with E-state index >= 15 is 0 Å². The monoisotopic (exact) mass is 343 g/mol. The number of nitrogens with zero attached hydrogens (tertiary/aromatic N) is 2. The predicted molar refractivity (Wildman–Crippen MR) is 103 cm³/mol. The molecule has 26 heavy (non-hydrogen) atoms. The average molecular weight is 343 g/mol. The standard InChI is InChI=1S/C22H21N3O/c23-12-16-3-1-5-18(9-16)20-10-19-6-8-25-14-21(19)22(11-20)26-15-17-4-2-7-24-13-17/h1,3,5-6,8-11,14,17,24H,2,4,7,13,15H2. The summed E-state index contributed by atoms with van der Waals surface area (Å²) < 4.78 is 6.23. The van der Waals surface area contributed by atoms with Crippen LogP contribution < -0.4 is 10.1 Å². The van der Waals surface area contributed by atoms with E-state index in [1.807, 2.05) is 36.5 Å². The van der Waals surface area contributed by atoms with Crippen LogP contribution in [0.5, 0.6) is 5.75 Å². The van der Waals surface area contributed by atoms with E-state index in [0.717, 1.165) is 40.7 Å². The van der Waals surface area contributed by atoms with Crippen LogP contribution in [0.1, 0.15) is 18.4 Å². The molecule has 1 aromatic heterocycles. The van der Waals surface area contributed by atoms with Gasteiger partial charge in [-0.25, -0.2) is 0 Å². The van der Waals surface area contributed by atoms with Gasteiger partial charge < -0.3 is 10.1 Å². The molecule has 4 nitrogen and oxygen atoms in total. The predicted octanol–water partition coefficient (Wildman–Crippen LogP) is 4.15. The van der Waals surface area contributed by atoms with Crippen molar-refractivity contribution in [2.24, 2.45) is 5.92 Å². The summed E-state index contributed by atoms with van der Waals surface area (Å²) in [6.45, 7) is 2.83. The summed E-state index contributed by atoms with van der Waals surface area (Å²) in [6, 6.07) is 16.1. The van der Waals surface area contributed by atoms with Gasteiger partial charge in [-0.2, -0.15) is 5.26 Å². The molecule has 0 radical (unpaired) electrons. The molecule has 4 rings (SSSR count). The zero-order chi connectivity index (χ0) is 17.8. The summed E-state index contributed by atoms with van der Waals surface area (Å²) in [4.78, 5) is 4.26. The molecule has 130 valence electrons. The Hall–Kier alpha value is -2.90. The highest BCUT2D eigenvalue weighted by Gasteiger charge is 2.15. The molecular weight excluding hydrogens is 322 g/mol. The third-order valence-corrected chi connectivity index (χ3v) is 4.92. The van der Waals surface area contributed by atoms with Crippen LogP contribution in [0.3, 0.4) is 0 Å². The molecule has 1 fully saturated rings. The van der Waals surface area contributed by atoms with Gasteiger partial charge in [0.1, 0.15) is 5.75 Å². The highest BCUT2D eigenvalue weighted by molar-refractivity contribution is 5.92. The van der Waals surface area contributed by atoms with E-state index < -0.39 is 0 Å². The molecule has 1 saturated heterocycles. The SMILES string of the molecule is N#Cc1cccc(-c2cc(OCC3CCCNC3)c3cnccc3c2)c1. The molecule has 4 heteroatoms. The van der Waals surface area contributed by atoms with Gasteiger partial charge in [0.25, 0.3) is 0 Å². The first-order valence-electron chi connectivity index (χ1n) is 9.05. The summed E-state index contributed by atoms with van der Waals surface area (Å²) in [6.07, 6.45) is 6.07. The van der Waals surface area contributed by atoms with Crippen LogP contribution in [0, 0.1) is 17.2 Å². The van der Waals surface area contributed by atoms with Crippen molar-refractivity contribution in [3.05, 3.63) is 60.4 Å². The third-order valence-electron chi connectivity index (χ3n) is 4.92. The minimum absolute atomic E-state index is 0.543. The molecule has 1 aliphatic rings. The van der Waals surface area contributed by atoms with Crippen molar-refractivity contribution in [3.63, 3.8) is 0 Å². The van der Waals surface area contributed by atoms with E-state index in [0.29, 0.717) is 18.1 Å². The Morgan fingerprint density at radius 2 is 2.15 bits per heavy atom. The van der Waals surface area contributed by atoms with Crippen LogP contribution in [0.2, 0.25) is 0 Å². The van der Waals surface area contributed by atoms with Crippen LogP contribution in [0.15, 0.2) is 54.9 Å². The number of hydrogen-bond donors (Lipinski definition) is 1. The van der Waals surface area contributed by atoms with Gasteiger partial charge in [0.05, 0.1) is 18.2 Å². The number of piperidine rings is 1. The number of nitriles is 1. The molecule has 3 aromatic rings. The van der Waals surface area contributed by atoms with Crippen molar-refractivity contribution in [3.8, 4) is 22.9 Å². The summed E-state index contributed by atoms with van der Waals surface area (Å²) in [5, 5.41) is 14.7. The Morgan fingerprint density at radius 1 is 1.19 bits per heavy atom. The van der Waals surface area contributed by atoms with Crippen LogP contribution in [-0.4, -0.2) is 24.7 Å². The molecule has 0 amide bonds. The lowest BCUT2D eigenvalue weighted by Crippen LogP contribution is -2.33. The van der Waals surface area contributed by atoms with Crippen LogP contribution in [0.4, 0.5) is 0 Å². The Balaban J connectivity index is 1.69. The van der Waals surface area contributed by atoms with Gasteiger partial charge in [-0.15, -0.1) is 0 Å². The lowest BCUT2D eigenvalue weighted by atomic mass is 9.99. The van der Waals surface area contributed by atoms with Crippen molar-refractivity contribution >= 4 is 10.8 Å². The first kappa shape index (κ1) is 16.6. The largest absolute Gasteiger partial charge is 0.493 e. The van der Waals surface area contributed by atoms with Crippen LogP contribution in [-0.2, 0) is 0 Å². The fourth-order valence-corrected chi connectivity index (χ4v) is 3.49. The third kappa shape index (κ3) is 3.54. The van der Waals surface area contributed by atoms with Crippen molar-refractivity contribution in [1.29, 1.82) is 5.26 Å². The number of pyridine rings is 1. The Bertz CT molecular complexity index is 955. The topological polar surface area (TPSA) is 57.9 Å². The van der Waals surface area contributed by atoms with E-state index in [2.05, 4.69) is 28.5 Å². The molecule has 1 unspecified atom stereocenters. The maximum absolute atomic E-state index is 9.17. The first-order valence-corrected chi connectivity index (χ1v) is 9.05. The number of benzene rings is 2. The van der Waals surface area contributed by atoms with E-state index in [1.54, 1.807) is 6.20 Å². The summed E-state index contributed by atoms with van der Waals surface area (Å²) in [5.74, 6) is 1.40. The Morgan fingerprint density at radius 3 is 3.00 bits per heavy atom. The van der Waals surface area contributed by atoms with Gasteiger partial charge in [-0.05, 0) is 66.2 Å². The molecule has 1 atom stereocenters. The first-order chi connectivity index (χ1) is 12.8. The molecule has 0 bridgehead atoms. The molecular formula is C22H21N3O. The lowest BCUT2D eigenvalue weighted by molar-refractivity contribution is 0.220. The smallest absolute Gasteiger partial charge is 0.129 e. The Labute approximate surface area is 153 Å². The number of aromatic nitrogens is 1. The maximum atomic E-state index is 9.17. The van der Waals surface area contributed by atoms with Gasteiger partial charge in [-0.1, -0.05) is 12.1 Å². The fourth-order valence-electron chi connectivity index (χ4n) is 3.49. The second-order valence-electron chi connectivity index (χ2n) is 6.79. The Kier molecular flexibility index (Phi) is 4.81. The van der Waals surface area contributed by atoms with Gasteiger partial charge in [0.2, 0.25) is 0 Å². The number of hydrogen-bond acceptors (Lipinski definition) is 4. The minimum atomic E-state index is 0.543. The van der Waals surface area contributed by atoms with Crippen molar-refractivity contribution in [1.82, 2.24) is 10.3 Å². The molecule has 2 heterocycles. The number of nitrogens with one attached hydrogen (secondary N) is 1. The summed E-state index contributed by atoms with van der Waals surface area (Å²) in [7, 11) is 0. The zero-order valence-corrected chi connectivity index (χ0v) is 14.6. The minimum Gasteiger partial charge on any atom is -0.493 e. The zero-order valence-electron chi connectivity index (χ0n) is 14.6. The molecule has 1 aliphatic heterocycles. The summed E-state index contributed by atoms with van der Waals surface area (Å²) in [5.41, 5.74) is 2.73. The molecule has 0 aliphatic carbocycles. The second kappa shape index (κ2) is 7.55. The molecule has 2 aromatic carbocycles. The number of fused-ring (bicyclic) bond motifs is 1. The van der Waals surface area contributed by atoms with Gasteiger partial charge >= 0.3 is 0 Å².